The summed E-state index contributed by atoms with van der Waals surface area (Å²) in [6.45, 7) is 0. The molecule has 106 valence electrons. The first-order chi connectivity index (χ1) is 10.7. The van der Waals surface area contributed by atoms with Crippen LogP contribution in [0.25, 0.3) is 22.5 Å². The molecule has 2 N–H and O–H groups in total. The van der Waals surface area contributed by atoms with Gasteiger partial charge in [0.2, 0.25) is 0 Å². The summed E-state index contributed by atoms with van der Waals surface area (Å²) < 4.78 is 13.5. The van der Waals surface area contributed by atoms with Gasteiger partial charge in [0, 0.05) is 11.6 Å². The van der Waals surface area contributed by atoms with E-state index in [9.17, 15) is 9.18 Å². The van der Waals surface area contributed by atoms with Crippen LogP contribution < -0.4 is 10.5 Å². The summed E-state index contributed by atoms with van der Waals surface area (Å²) in [5, 5.41) is 9.04. The predicted molar refractivity (Wildman–Crippen MR) is 77.0 cm³/mol. The Labute approximate surface area is 124 Å². The minimum Gasteiger partial charge on any atom is -0.320 e. The number of nitriles is 1. The Hall–Kier alpha value is -3.33. The van der Waals surface area contributed by atoms with Crippen molar-refractivity contribution in [3.63, 3.8) is 0 Å². The first-order valence-electron chi connectivity index (χ1n) is 6.45. The van der Waals surface area contributed by atoms with Crippen LogP contribution in [0.2, 0.25) is 0 Å². The van der Waals surface area contributed by atoms with Crippen LogP contribution in [0.1, 0.15) is 5.56 Å². The maximum absolute atomic E-state index is 13.5. The number of aromatic nitrogens is 3. The van der Waals surface area contributed by atoms with Crippen LogP contribution in [0.5, 0.6) is 0 Å². The maximum Gasteiger partial charge on any atom is 0.284 e. The molecule has 5 nitrogen and oxygen atoms in total. The second kappa shape index (κ2) is 5.58. The molecular weight excluding hydrogens is 283 g/mol. The first kappa shape index (κ1) is 13.6. The fraction of sp³-hybridized carbons (Fsp3) is 0. The molecule has 0 amide bonds. The number of pyridine rings is 1. The largest absolute Gasteiger partial charge is 0.320 e. The smallest absolute Gasteiger partial charge is 0.284 e. The van der Waals surface area contributed by atoms with Crippen LogP contribution in [0.4, 0.5) is 4.39 Å². The van der Waals surface area contributed by atoms with Crippen LogP contribution in [0.3, 0.4) is 0 Å². The standard InChI is InChI=1S/C16H9FN4O/c17-12-3-1-2-10(6-12)15-13(14-4-5-19-9-20-14)7-11(8-18)16(22)21-15/h1-7,9H,(H,21,22)/p+1. The number of rotatable bonds is 2. The monoisotopic (exact) mass is 293 g/mol. The molecule has 0 fully saturated rings. The molecule has 6 heteroatoms. The lowest BCUT2D eigenvalue weighted by Gasteiger charge is -2.07. The third-order valence-electron chi connectivity index (χ3n) is 3.17. The van der Waals surface area contributed by atoms with Gasteiger partial charge in [-0.1, -0.05) is 12.1 Å². The summed E-state index contributed by atoms with van der Waals surface area (Å²) in [7, 11) is 0. The van der Waals surface area contributed by atoms with Crippen LogP contribution in [0.15, 0.2) is 53.7 Å². The van der Waals surface area contributed by atoms with E-state index in [-0.39, 0.29) is 5.56 Å². The number of aromatic amines is 2. The molecule has 2 heterocycles. The highest BCUT2D eigenvalue weighted by molar-refractivity contribution is 5.79. The van der Waals surface area contributed by atoms with Crippen molar-refractivity contribution in [2.24, 2.45) is 0 Å². The Balaban J connectivity index is 2.32. The molecule has 0 saturated heterocycles. The molecule has 0 aliphatic heterocycles. The highest BCUT2D eigenvalue weighted by atomic mass is 19.1. The molecule has 1 aromatic carbocycles. The van der Waals surface area contributed by atoms with Gasteiger partial charge in [-0.3, -0.25) is 9.78 Å². The molecule has 0 saturated carbocycles. The van der Waals surface area contributed by atoms with Crippen molar-refractivity contribution >= 4 is 0 Å². The summed E-state index contributed by atoms with van der Waals surface area (Å²) >= 11 is 0. The van der Waals surface area contributed by atoms with E-state index in [1.54, 1.807) is 24.4 Å². The third kappa shape index (κ3) is 2.47. The molecule has 2 aromatic heterocycles. The minimum atomic E-state index is -0.520. The van der Waals surface area contributed by atoms with E-state index in [0.717, 1.165) is 0 Å². The first-order valence-corrected chi connectivity index (χ1v) is 6.45. The van der Waals surface area contributed by atoms with E-state index in [2.05, 4.69) is 15.0 Å². The Morgan fingerprint density at radius 1 is 1.27 bits per heavy atom. The quantitative estimate of drug-likeness (QED) is 0.783. The number of benzene rings is 1. The molecular formula is C16H10FN4O+. The third-order valence-corrected chi connectivity index (χ3v) is 3.17. The molecule has 0 radical (unpaired) electrons. The van der Waals surface area contributed by atoms with Crippen LogP contribution in [0, 0.1) is 17.1 Å². The maximum atomic E-state index is 13.5. The Bertz CT molecular complexity index is 929. The lowest BCUT2D eigenvalue weighted by molar-refractivity contribution is -0.382. The van der Waals surface area contributed by atoms with Crippen molar-refractivity contribution in [2.45, 2.75) is 0 Å². The highest BCUT2D eigenvalue weighted by Gasteiger charge is 2.16. The summed E-state index contributed by atoms with van der Waals surface area (Å²) in [5.74, 6) is -0.414. The molecule has 0 atom stereocenters. The number of nitrogens with one attached hydrogen (secondary N) is 2. The lowest BCUT2D eigenvalue weighted by atomic mass is 10.0. The Morgan fingerprint density at radius 2 is 2.14 bits per heavy atom. The van der Waals surface area contributed by atoms with Gasteiger partial charge >= 0.3 is 0 Å². The van der Waals surface area contributed by atoms with Gasteiger partial charge < -0.3 is 4.98 Å². The van der Waals surface area contributed by atoms with Crippen molar-refractivity contribution < 1.29 is 9.37 Å². The Morgan fingerprint density at radius 3 is 2.82 bits per heavy atom. The van der Waals surface area contributed by atoms with Gasteiger partial charge in [0.05, 0.1) is 17.5 Å². The minimum absolute atomic E-state index is 0.0233. The highest BCUT2D eigenvalue weighted by Crippen LogP contribution is 2.28. The Kier molecular flexibility index (Phi) is 3.46. The van der Waals surface area contributed by atoms with E-state index in [1.807, 2.05) is 6.07 Å². The average Bonchev–Trinajstić information content (AvgIpc) is 2.55. The zero-order chi connectivity index (χ0) is 15.5. The van der Waals surface area contributed by atoms with Gasteiger partial charge in [-0.15, -0.1) is 0 Å². The van der Waals surface area contributed by atoms with E-state index >= 15 is 0 Å². The fourth-order valence-electron chi connectivity index (χ4n) is 2.17. The van der Waals surface area contributed by atoms with Gasteiger partial charge in [0.25, 0.3) is 11.9 Å². The number of hydrogen-bond acceptors (Lipinski definition) is 3. The van der Waals surface area contributed by atoms with Crippen molar-refractivity contribution in [3.05, 3.63) is 70.7 Å². The van der Waals surface area contributed by atoms with Gasteiger partial charge in [-0.25, -0.2) is 4.39 Å². The second-order valence-electron chi connectivity index (χ2n) is 4.57. The van der Waals surface area contributed by atoms with Crippen molar-refractivity contribution in [2.75, 3.05) is 0 Å². The summed E-state index contributed by atoms with van der Waals surface area (Å²) in [6.07, 6.45) is 3.16. The summed E-state index contributed by atoms with van der Waals surface area (Å²) in [5.41, 5.74) is 1.49. The SMILES string of the molecule is N#Cc1cc(-c2cc[nH+]cn2)c(-c2cccc(F)c2)[nH]c1=O. The predicted octanol–water partition coefficient (Wildman–Crippen LogP) is 1.93. The van der Waals surface area contributed by atoms with Crippen LogP contribution in [-0.2, 0) is 0 Å². The molecule has 0 bridgehead atoms. The number of H-pyrrole nitrogens is 2. The zero-order valence-corrected chi connectivity index (χ0v) is 11.3. The van der Waals surface area contributed by atoms with Gasteiger partial charge in [0.15, 0.2) is 5.69 Å². The number of nitrogens with zero attached hydrogens (tertiary/aromatic N) is 2. The normalized spacial score (nSPS) is 10.2. The zero-order valence-electron chi connectivity index (χ0n) is 11.3. The lowest BCUT2D eigenvalue weighted by Crippen LogP contribution is -2.12. The molecule has 0 spiro atoms. The molecule has 3 rings (SSSR count). The van der Waals surface area contributed by atoms with Crippen LogP contribution >= 0.6 is 0 Å². The van der Waals surface area contributed by atoms with Crippen LogP contribution in [-0.4, -0.2) is 9.97 Å². The van der Waals surface area contributed by atoms with Crippen molar-refractivity contribution in [1.82, 2.24) is 9.97 Å². The summed E-state index contributed by atoms with van der Waals surface area (Å²) in [4.78, 5) is 21.5. The van der Waals surface area contributed by atoms with Gasteiger partial charge in [-0.2, -0.15) is 5.26 Å². The van der Waals surface area contributed by atoms with Crippen molar-refractivity contribution in [3.8, 4) is 28.6 Å². The number of hydrogen-bond donors (Lipinski definition) is 1. The molecule has 0 unspecified atom stereocenters. The van der Waals surface area contributed by atoms with E-state index < -0.39 is 11.4 Å². The average molecular weight is 293 g/mol. The summed E-state index contributed by atoms with van der Waals surface area (Å²) in [6, 6.07) is 10.9. The second-order valence-corrected chi connectivity index (χ2v) is 4.57. The molecule has 0 aliphatic rings. The van der Waals surface area contributed by atoms with Gasteiger partial charge in [-0.05, 0) is 23.2 Å². The molecule has 3 aromatic rings. The topological polar surface area (TPSA) is 83.7 Å². The fourth-order valence-corrected chi connectivity index (χ4v) is 2.17. The van der Waals surface area contributed by atoms with Crippen molar-refractivity contribution in [1.29, 1.82) is 5.26 Å². The molecule has 0 aliphatic carbocycles. The van der Waals surface area contributed by atoms with Gasteiger partial charge in [0.1, 0.15) is 17.4 Å². The molecule has 22 heavy (non-hydrogen) atoms. The van der Waals surface area contributed by atoms with E-state index in [0.29, 0.717) is 22.5 Å². The number of halogens is 1. The van der Waals surface area contributed by atoms with E-state index in [4.69, 9.17) is 5.26 Å². The van der Waals surface area contributed by atoms with E-state index in [1.165, 1.54) is 24.5 Å².